The monoisotopic (exact) mass is 307 g/mol. The van der Waals surface area contributed by atoms with Gasteiger partial charge in [0.25, 0.3) is 9.05 Å². The number of carbonyl (C=O) groups excluding carboxylic acids is 1. The van der Waals surface area contributed by atoms with Crippen molar-refractivity contribution in [1.29, 1.82) is 0 Å². The number of halogens is 1. The van der Waals surface area contributed by atoms with E-state index < -0.39 is 9.05 Å². The minimum Gasteiger partial charge on any atom is -0.342 e. The maximum absolute atomic E-state index is 12.0. The molecular formula is C11H18ClN3O3S. The van der Waals surface area contributed by atoms with Crippen LogP contribution in [0.25, 0.3) is 0 Å². The van der Waals surface area contributed by atoms with Gasteiger partial charge in [-0.3, -0.25) is 4.79 Å². The van der Waals surface area contributed by atoms with Gasteiger partial charge >= 0.3 is 0 Å². The summed E-state index contributed by atoms with van der Waals surface area (Å²) in [6.07, 6.45) is 1.82. The fraction of sp³-hybridized carbons (Fsp3) is 0.636. The van der Waals surface area contributed by atoms with E-state index in [-0.39, 0.29) is 23.5 Å². The molecule has 1 aromatic heterocycles. The molecule has 19 heavy (non-hydrogen) atoms. The molecule has 0 saturated heterocycles. The topological polar surface area (TPSA) is 72.3 Å². The van der Waals surface area contributed by atoms with Crippen molar-refractivity contribution in [3.63, 3.8) is 0 Å². The molecule has 1 amide bonds. The molecule has 0 N–H and O–H groups in total. The Hall–Kier alpha value is -1.08. The summed E-state index contributed by atoms with van der Waals surface area (Å²) in [4.78, 5) is 17.5. The van der Waals surface area contributed by atoms with Crippen molar-refractivity contribution in [3.8, 4) is 0 Å². The molecule has 0 unspecified atom stereocenters. The molecule has 6 nitrogen and oxygen atoms in total. The van der Waals surface area contributed by atoms with Crippen molar-refractivity contribution in [2.75, 3.05) is 7.05 Å². The van der Waals surface area contributed by atoms with Crippen molar-refractivity contribution in [3.05, 3.63) is 12.0 Å². The maximum Gasteiger partial charge on any atom is 0.280 e. The van der Waals surface area contributed by atoms with Crippen LogP contribution in [0.1, 0.15) is 26.6 Å². The third kappa shape index (κ3) is 3.94. The van der Waals surface area contributed by atoms with E-state index in [1.807, 2.05) is 20.8 Å². The van der Waals surface area contributed by atoms with Gasteiger partial charge in [-0.25, -0.2) is 13.4 Å². The summed E-state index contributed by atoms with van der Waals surface area (Å²) in [5.41, 5.74) is 0. The zero-order valence-electron chi connectivity index (χ0n) is 11.4. The number of carbonyl (C=O) groups is 1. The van der Waals surface area contributed by atoms with Crippen LogP contribution in [0.3, 0.4) is 0 Å². The predicted octanol–water partition coefficient (Wildman–Crippen LogP) is 1.24. The fourth-order valence-corrected chi connectivity index (χ4v) is 2.20. The lowest BCUT2D eigenvalue weighted by molar-refractivity contribution is -0.132. The molecular weight excluding hydrogens is 290 g/mol. The highest BCUT2D eigenvalue weighted by Crippen LogP contribution is 2.15. The van der Waals surface area contributed by atoms with Gasteiger partial charge in [0.05, 0.1) is 0 Å². The first-order valence-corrected chi connectivity index (χ1v) is 8.24. The molecule has 0 radical (unpaired) electrons. The molecule has 0 aromatic carbocycles. The average Bonchev–Trinajstić information content (AvgIpc) is 2.70. The molecule has 0 atom stereocenters. The Morgan fingerprint density at radius 1 is 1.53 bits per heavy atom. The number of aromatic nitrogens is 2. The minimum atomic E-state index is -3.87. The second-order valence-corrected chi connectivity index (χ2v) is 7.03. The Morgan fingerprint density at radius 2 is 2.11 bits per heavy atom. The molecule has 0 fully saturated rings. The lowest BCUT2D eigenvalue weighted by atomic mass is 10.3. The summed E-state index contributed by atoms with van der Waals surface area (Å²) in [6.45, 7) is 5.69. The Labute approximate surface area is 117 Å². The van der Waals surface area contributed by atoms with Gasteiger partial charge in [0.2, 0.25) is 5.91 Å². The van der Waals surface area contributed by atoms with E-state index >= 15 is 0 Å². The second kappa shape index (κ2) is 5.92. The Morgan fingerprint density at radius 3 is 2.53 bits per heavy atom. The van der Waals surface area contributed by atoms with Gasteiger partial charge in [-0.1, -0.05) is 6.92 Å². The highest BCUT2D eigenvalue weighted by Gasteiger charge is 2.20. The van der Waals surface area contributed by atoms with Crippen molar-refractivity contribution in [1.82, 2.24) is 14.5 Å². The van der Waals surface area contributed by atoms with Crippen LogP contribution in [0, 0.1) is 0 Å². The van der Waals surface area contributed by atoms with Crippen LogP contribution in [0.4, 0.5) is 0 Å². The Kier molecular flexibility index (Phi) is 4.98. The number of imidazole rings is 1. The molecule has 0 aliphatic heterocycles. The van der Waals surface area contributed by atoms with Gasteiger partial charge in [0.15, 0.2) is 5.03 Å². The largest absolute Gasteiger partial charge is 0.342 e. The van der Waals surface area contributed by atoms with E-state index in [1.54, 1.807) is 11.9 Å². The van der Waals surface area contributed by atoms with Gasteiger partial charge in [-0.05, 0) is 13.8 Å². The van der Waals surface area contributed by atoms with Crippen LogP contribution >= 0.6 is 10.7 Å². The fourth-order valence-electron chi connectivity index (χ4n) is 1.51. The van der Waals surface area contributed by atoms with E-state index in [9.17, 15) is 13.2 Å². The normalized spacial score (nSPS) is 11.9. The zero-order valence-corrected chi connectivity index (χ0v) is 13.0. The number of rotatable bonds is 5. The van der Waals surface area contributed by atoms with Gasteiger partial charge in [0, 0.05) is 36.4 Å². The highest BCUT2D eigenvalue weighted by molar-refractivity contribution is 8.13. The number of likely N-dealkylation sites (N-methyl/N-ethyl adjacent to an activating group) is 1. The van der Waals surface area contributed by atoms with E-state index in [2.05, 4.69) is 4.98 Å². The summed E-state index contributed by atoms with van der Waals surface area (Å²) >= 11 is 0. The first kappa shape index (κ1) is 16.0. The Bertz CT molecular complexity index is 566. The van der Waals surface area contributed by atoms with Crippen LogP contribution in [-0.4, -0.2) is 41.9 Å². The first-order chi connectivity index (χ1) is 8.66. The smallest absolute Gasteiger partial charge is 0.280 e. The number of aryl methyl sites for hydroxylation is 1. The van der Waals surface area contributed by atoms with Crippen LogP contribution < -0.4 is 0 Å². The van der Waals surface area contributed by atoms with Crippen LogP contribution in [0.2, 0.25) is 0 Å². The second-order valence-electron chi connectivity index (χ2n) is 4.51. The minimum absolute atomic E-state index is 0.0528. The van der Waals surface area contributed by atoms with Crippen molar-refractivity contribution in [2.24, 2.45) is 0 Å². The summed E-state index contributed by atoms with van der Waals surface area (Å²) in [7, 11) is 3.08. The average molecular weight is 308 g/mol. The Balaban J connectivity index is 3.02. The zero-order chi connectivity index (χ0) is 14.8. The van der Waals surface area contributed by atoms with Crippen molar-refractivity contribution in [2.45, 2.75) is 44.8 Å². The van der Waals surface area contributed by atoms with Crippen LogP contribution in [0.5, 0.6) is 0 Å². The molecule has 108 valence electrons. The van der Waals surface area contributed by atoms with Crippen molar-refractivity contribution >= 4 is 25.6 Å². The molecule has 8 heteroatoms. The van der Waals surface area contributed by atoms with Crippen molar-refractivity contribution < 1.29 is 13.2 Å². The van der Waals surface area contributed by atoms with Gasteiger partial charge in [-0.2, -0.15) is 0 Å². The quantitative estimate of drug-likeness (QED) is 0.767. The standard InChI is InChI=1S/C11H18ClN3O3S/c1-5-9-13-10(19(12,17)18)6-15(9)7-11(16)14(4)8(2)3/h6,8H,5,7H2,1-4H3. The summed E-state index contributed by atoms with van der Waals surface area (Å²) in [5.74, 6) is 0.408. The summed E-state index contributed by atoms with van der Waals surface area (Å²) in [5, 5.41) is -0.217. The van der Waals surface area contributed by atoms with Gasteiger partial charge in [-0.15, -0.1) is 0 Å². The van der Waals surface area contributed by atoms with E-state index in [4.69, 9.17) is 10.7 Å². The van der Waals surface area contributed by atoms with Gasteiger partial charge in [0.1, 0.15) is 12.4 Å². The number of hydrogen-bond donors (Lipinski definition) is 0. The molecule has 0 spiro atoms. The molecule has 0 bridgehead atoms. The number of hydrogen-bond acceptors (Lipinski definition) is 4. The molecule has 1 aromatic rings. The maximum atomic E-state index is 12.0. The van der Waals surface area contributed by atoms with E-state index in [1.165, 1.54) is 10.8 Å². The van der Waals surface area contributed by atoms with E-state index in [0.717, 1.165) is 0 Å². The SMILES string of the molecule is CCc1nc(S(=O)(=O)Cl)cn1CC(=O)N(C)C(C)C. The molecule has 0 aliphatic rings. The molecule has 0 aliphatic carbocycles. The number of nitrogens with zero attached hydrogens (tertiary/aromatic N) is 3. The van der Waals surface area contributed by atoms with Crippen LogP contribution in [0.15, 0.2) is 11.2 Å². The third-order valence-corrected chi connectivity index (χ3v) is 4.05. The molecule has 1 heterocycles. The number of amides is 1. The predicted molar refractivity (Wildman–Crippen MR) is 72.5 cm³/mol. The van der Waals surface area contributed by atoms with Crippen LogP contribution in [-0.2, 0) is 26.8 Å². The first-order valence-electron chi connectivity index (χ1n) is 5.93. The summed E-state index contributed by atoms with van der Waals surface area (Å²) < 4.78 is 24.0. The lowest BCUT2D eigenvalue weighted by Gasteiger charge is -2.21. The highest BCUT2D eigenvalue weighted by atomic mass is 35.7. The lowest BCUT2D eigenvalue weighted by Crippen LogP contribution is -2.35. The molecule has 1 rings (SSSR count). The third-order valence-electron chi connectivity index (χ3n) is 2.88. The molecule has 0 saturated carbocycles. The van der Waals surface area contributed by atoms with Gasteiger partial charge < -0.3 is 9.47 Å². The summed E-state index contributed by atoms with van der Waals surface area (Å²) in [6, 6.07) is 0.0809. The van der Waals surface area contributed by atoms with E-state index in [0.29, 0.717) is 12.2 Å².